The summed E-state index contributed by atoms with van der Waals surface area (Å²) in [7, 11) is 0. The quantitative estimate of drug-likeness (QED) is 0.740. The first-order valence-electron chi connectivity index (χ1n) is 11.0. The van der Waals surface area contributed by atoms with E-state index in [1.807, 2.05) is 34.1 Å². The van der Waals surface area contributed by atoms with E-state index in [9.17, 15) is 14.4 Å². The van der Waals surface area contributed by atoms with E-state index in [2.05, 4.69) is 17.4 Å². The van der Waals surface area contributed by atoms with Gasteiger partial charge in [-0.2, -0.15) is 0 Å². The van der Waals surface area contributed by atoms with Gasteiger partial charge in [-0.15, -0.1) is 0 Å². The summed E-state index contributed by atoms with van der Waals surface area (Å²) in [6, 6.07) is 13.7. The van der Waals surface area contributed by atoms with Crippen molar-refractivity contribution < 1.29 is 18.8 Å². The van der Waals surface area contributed by atoms with E-state index in [0.29, 0.717) is 45.6 Å². The van der Waals surface area contributed by atoms with Crippen molar-refractivity contribution >= 4 is 17.7 Å². The molecule has 4 rings (SSSR count). The SMILES string of the molecule is O=C(NCc1ccco1)C1CCN(C(=O)C2CC(=O)N(CCc3ccccc3)C2)CC1. The van der Waals surface area contributed by atoms with Crippen molar-refractivity contribution in [3.05, 3.63) is 60.1 Å². The maximum Gasteiger partial charge on any atom is 0.227 e. The molecule has 0 saturated carbocycles. The first kappa shape index (κ1) is 21.2. The van der Waals surface area contributed by atoms with Gasteiger partial charge in [-0.3, -0.25) is 14.4 Å². The minimum atomic E-state index is -0.271. The van der Waals surface area contributed by atoms with E-state index in [1.165, 1.54) is 5.56 Å². The van der Waals surface area contributed by atoms with E-state index in [1.54, 1.807) is 12.3 Å². The molecule has 2 saturated heterocycles. The Hall–Kier alpha value is -3.09. The van der Waals surface area contributed by atoms with Crippen LogP contribution in [-0.4, -0.2) is 53.7 Å². The largest absolute Gasteiger partial charge is 0.467 e. The number of piperidine rings is 1. The van der Waals surface area contributed by atoms with E-state index >= 15 is 0 Å². The molecule has 3 heterocycles. The van der Waals surface area contributed by atoms with Gasteiger partial charge in [-0.1, -0.05) is 30.3 Å². The lowest BCUT2D eigenvalue weighted by Gasteiger charge is -2.32. The van der Waals surface area contributed by atoms with Crippen LogP contribution in [0, 0.1) is 11.8 Å². The number of carbonyl (C=O) groups excluding carboxylic acids is 3. The normalized spacial score (nSPS) is 19.6. The third-order valence-corrected chi connectivity index (χ3v) is 6.27. The van der Waals surface area contributed by atoms with Gasteiger partial charge in [0.2, 0.25) is 17.7 Å². The van der Waals surface area contributed by atoms with Crippen molar-refractivity contribution in [2.75, 3.05) is 26.2 Å². The van der Waals surface area contributed by atoms with Crippen LogP contribution in [0.15, 0.2) is 53.1 Å². The van der Waals surface area contributed by atoms with E-state index in [0.717, 1.165) is 12.2 Å². The summed E-state index contributed by atoms with van der Waals surface area (Å²) in [4.78, 5) is 41.4. The second-order valence-corrected chi connectivity index (χ2v) is 8.37. The number of rotatable bonds is 7. The van der Waals surface area contributed by atoms with E-state index in [-0.39, 0.29) is 36.0 Å². The average molecular weight is 424 g/mol. The molecular formula is C24H29N3O4. The van der Waals surface area contributed by atoms with Crippen molar-refractivity contribution in [3.8, 4) is 0 Å². The molecular weight excluding hydrogens is 394 g/mol. The highest BCUT2D eigenvalue weighted by atomic mass is 16.3. The number of furan rings is 1. The second kappa shape index (κ2) is 9.81. The molecule has 164 valence electrons. The number of benzene rings is 1. The van der Waals surface area contributed by atoms with Gasteiger partial charge in [0.1, 0.15) is 5.76 Å². The van der Waals surface area contributed by atoms with Gasteiger partial charge >= 0.3 is 0 Å². The van der Waals surface area contributed by atoms with Gasteiger partial charge in [0, 0.05) is 38.5 Å². The summed E-state index contributed by atoms with van der Waals surface area (Å²) < 4.78 is 5.24. The van der Waals surface area contributed by atoms with Gasteiger partial charge in [0.05, 0.1) is 18.7 Å². The maximum absolute atomic E-state index is 13.0. The van der Waals surface area contributed by atoms with Gasteiger partial charge in [-0.05, 0) is 37.0 Å². The first-order valence-corrected chi connectivity index (χ1v) is 11.0. The molecule has 1 unspecified atom stereocenters. The van der Waals surface area contributed by atoms with Gasteiger partial charge in [0.25, 0.3) is 0 Å². The summed E-state index contributed by atoms with van der Waals surface area (Å²) in [6.45, 7) is 2.64. The molecule has 1 N–H and O–H groups in total. The van der Waals surface area contributed by atoms with Crippen molar-refractivity contribution in [3.63, 3.8) is 0 Å². The van der Waals surface area contributed by atoms with Crippen LogP contribution in [0.1, 0.15) is 30.6 Å². The molecule has 3 amide bonds. The molecule has 2 fully saturated rings. The minimum Gasteiger partial charge on any atom is -0.467 e. The van der Waals surface area contributed by atoms with Crippen LogP contribution in [0.3, 0.4) is 0 Å². The highest BCUT2D eigenvalue weighted by molar-refractivity contribution is 5.89. The van der Waals surface area contributed by atoms with E-state index in [4.69, 9.17) is 4.42 Å². The zero-order chi connectivity index (χ0) is 21.6. The number of likely N-dealkylation sites (tertiary alicyclic amines) is 2. The number of nitrogens with zero attached hydrogens (tertiary/aromatic N) is 2. The summed E-state index contributed by atoms with van der Waals surface area (Å²) in [5.74, 6) is 0.473. The Labute approximate surface area is 182 Å². The Morgan fingerprint density at radius 3 is 2.52 bits per heavy atom. The van der Waals surface area contributed by atoms with E-state index < -0.39 is 0 Å². The zero-order valence-electron chi connectivity index (χ0n) is 17.7. The predicted molar refractivity (Wildman–Crippen MR) is 115 cm³/mol. The predicted octanol–water partition coefficient (Wildman–Crippen LogP) is 2.23. The van der Waals surface area contributed by atoms with Crippen LogP contribution in [0.2, 0.25) is 0 Å². The third kappa shape index (κ3) is 5.34. The summed E-state index contributed by atoms with van der Waals surface area (Å²) in [5.41, 5.74) is 1.19. The Balaban J connectivity index is 1.21. The Morgan fingerprint density at radius 1 is 1.03 bits per heavy atom. The fourth-order valence-corrected chi connectivity index (χ4v) is 4.41. The van der Waals surface area contributed by atoms with Gasteiger partial charge < -0.3 is 19.5 Å². The molecule has 0 spiro atoms. The smallest absolute Gasteiger partial charge is 0.227 e. The lowest BCUT2D eigenvalue weighted by atomic mass is 9.94. The molecule has 2 aliphatic rings. The van der Waals surface area contributed by atoms with Gasteiger partial charge in [0.15, 0.2) is 0 Å². The first-order chi connectivity index (χ1) is 15.1. The number of hydrogen-bond donors (Lipinski definition) is 1. The average Bonchev–Trinajstić information content (AvgIpc) is 3.46. The molecule has 31 heavy (non-hydrogen) atoms. The lowest BCUT2D eigenvalue weighted by molar-refractivity contribution is -0.139. The van der Waals surface area contributed by atoms with Crippen LogP contribution in [0.5, 0.6) is 0 Å². The molecule has 0 aliphatic carbocycles. The molecule has 0 bridgehead atoms. The van der Waals surface area contributed by atoms with Crippen LogP contribution in [0.4, 0.5) is 0 Å². The maximum atomic E-state index is 13.0. The molecule has 7 heteroatoms. The zero-order valence-corrected chi connectivity index (χ0v) is 17.7. The topological polar surface area (TPSA) is 82.9 Å². The number of amides is 3. The fourth-order valence-electron chi connectivity index (χ4n) is 4.41. The van der Waals surface area contributed by atoms with Crippen LogP contribution < -0.4 is 5.32 Å². The summed E-state index contributed by atoms with van der Waals surface area (Å²) in [6.07, 6.45) is 3.97. The van der Waals surface area contributed by atoms with Crippen LogP contribution in [0.25, 0.3) is 0 Å². The molecule has 1 atom stereocenters. The lowest BCUT2D eigenvalue weighted by Crippen LogP contribution is -2.45. The molecule has 0 radical (unpaired) electrons. The molecule has 2 aromatic rings. The number of hydrogen-bond acceptors (Lipinski definition) is 4. The highest BCUT2D eigenvalue weighted by Crippen LogP contribution is 2.24. The molecule has 7 nitrogen and oxygen atoms in total. The van der Waals surface area contributed by atoms with Crippen molar-refractivity contribution in [2.45, 2.75) is 32.2 Å². The minimum absolute atomic E-state index is 0.00614. The van der Waals surface area contributed by atoms with Crippen LogP contribution in [-0.2, 0) is 27.3 Å². The molecule has 2 aliphatic heterocycles. The van der Waals surface area contributed by atoms with Crippen molar-refractivity contribution in [1.29, 1.82) is 0 Å². The number of carbonyl (C=O) groups is 3. The Morgan fingerprint density at radius 2 is 1.81 bits per heavy atom. The summed E-state index contributed by atoms with van der Waals surface area (Å²) in [5, 5.41) is 2.91. The third-order valence-electron chi connectivity index (χ3n) is 6.27. The molecule has 1 aromatic heterocycles. The monoisotopic (exact) mass is 423 g/mol. The van der Waals surface area contributed by atoms with Crippen molar-refractivity contribution in [2.24, 2.45) is 11.8 Å². The number of nitrogens with one attached hydrogen (secondary N) is 1. The highest BCUT2D eigenvalue weighted by Gasteiger charge is 2.37. The standard InChI is InChI=1S/C24H29N3O4/c28-22-15-20(17-27(22)11-8-18-5-2-1-3-6-18)24(30)26-12-9-19(10-13-26)23(29)25-16-21-7-4-14-31-21/h1-7,14,19-20H,8-13,15-17H2,(H,25,29). The Bertz CT molecular complexity index is 889. The second-order valence-electron chi connectivity index (χ2n) is 8.37. The summed E-state index contributed by atoms with van der Waals surface area (Å²) >= 11 is 0. The van der Waals surface area contributed by atoms with Crippen molar-refractivity contribution in [1.82, 2.24) is 15.1 Å². The molecule has 1 aromatic carbocycles. The van der Waals surface area contributed by atoms with Gasteiger partial charge in [-0.25, -0.2) is 0 Å². The van der Waals surface area contributed by atoms with Crippen LogP contribution >= 0.6 is 0 Å². The Kier molecular flexibility index (Phi) is 6.70. The fraction of sp³-hybridized carbons (Fsp3) is 0.458.